The number of aliphatic hydroxyl groups excluding tert-OH is 1. The molecule has 160 valence electrons. The molecule has 0 saturated heterocycles. The molecule has 0 aliphatic carbocycles. The summed E-state index contributed by atoms with van der Waals surface area (Å²) in [7, 11) is -4.30. The summed E-state index contributed by atoms with van der Waals surface area (Å²) < 4.78 is 31.5. The predicted molar refractivity (Wildman–Crippen MR) is 110 cm³/mol. The molecular formula is C20H39NO5S. The molecule has 6 nitrogen and oxygen atoms in total. The number of carbonyl (C=O) groups excluding carboxylic acids is 1. The number of rotatable bonds is 17. The van der Waals surface area contributed by atoms with E-state index in [0.29, 0.717) is 6.42 Å². The van der Waals surface area contributed by atoms with Crippen LogP contribution in [0.1, 0.15) is 90.9 Å². The molecule has 0 aromatic rings. The highest BCUT2D eigenvalue weighted by Crippen LogP contribution is 2.09. The Morgan fingerprint density at radius 3 is 2.11 bits per heavy atom. The van der Waals surface area contributed by atoms with E-state index in [1.165, 1.54) is 31.8 Å². The fourth-order valence-electron chi connectivity index (χ4n) is 2.86. The maximum absolute atomic E-state index is 12.1. The minimum Gasteiger partial charge on any atom is -0.387 e. The fourth-order valence-corrected chi connectivity index (χ4v) is 3.59. The normalized spacial score (nSPS) is 14.4. The van der Waals surface area contributed by atoms with Gasteiger partial charge in [-0.2, -0.15) is 8.42 Å². The van der Waals surface area contributed by atoms with Crippen molar-refractivity contribution >= 4 is 16.0 Å². The Morgan fingerprint density at radius 1 is 0.963 bits per heavy atom. The van der Waals surface area contributed by atoms with Crippen LogP contribution in [0.3, 0.4) is 0 Å². The van der Waals surface area contributed by atoms with Crippen molar-refractivity contribution in [2.45, 2.75) is 103 Å². The number of allylic oxidation sites excluding steroid dienone is 1. The second-order valence-corrected chi connectivity index (χ2v) is 8.71. The number of carbonyl (C=O) groups is 1. The number of unbranched alkanes of at least 4 members (excludes halogenated alkanes) is 9. The highest BCUT2D eigenvalue weighted by molar-refractivity contribution is 7.85. The first-order chi connectivity index (χ1) is 12.8. The van der Waals surface area contributed by atoms with Crippen molar-refractivity contribution in [1.82, 2.24) is 5.32 Å². The molecular weight excluding hydrogens is 366 g/mol. The number of nitrogens with one attached hydrogen (secondary N) is 1. The van der Waals surface area contributed by atoms with E-state index in [4.69, 9.17) is 4.55 Å². The van der Waals surface area contributed by atoms with Crippen LogP contribution in [0.4, 0.5) is 0 Å². The van der Waals surface area contributed by atoms with Crippen molar-refractivity contribution in [3.05, 3.63) is 12.2 Å². The average molecular weight is 406 g/mol. The lowest BCUT2D eigenvalue weighted by atomic mass is 10.1. The molecule has 0 spiro atoms. The molecule has 0 saturated carbocycles. The Hall–Kier alpha value is -0.920. The van der Waals surface area contributed by atoms with E-state index in [0.717, 1.165) is 44.9 Å². The molecule has 27 heavy (non-hydrogen) atoms. The van der Waals surface area contributed by atoms with Crippen LogP contribution >= 0.6 is 0 Å². The molecule has 2 unspecified atom stereocenters. The van der Waals surface area contributed by atoms with Gasteiger partial charge >= 0.3 is 0 Å². The lowest BCUT2D eigenvalue weighted by Crippen LogP contribution is -2.46. The largest absolute Gasteiger partial charge is 0.387 e. The van der Waals surface area contributed by atoms with Crippen LogP contribution < -0.4 is 5.32 Å². The highest BCUT2D eigenvalue weighted by atomic mass is 32.2. The molecule has 0 bridgehead atoms. The number of amides is 1. The summed E-state index contributed by atoms with van der Waals surface area (Å²) in [4.78, 5) is 12.1. The monoisotopic (exact) mass is 405 g/mol. The van der Waals surface area contributed by atoms with E-state index < -0.39 is 28.0 Å². The van der Waals surface area contributed by atoms with Crippen molar-refractivity contribution in [1.29, 1.82) is 0 Å². The standard InChI is InChI=1S/C20H39NO5S/c1-3-5-7-9-10-12-14-16-20(23)21-18(17-27(24,25)26)19(22)15-13-11-8-6-4-2/h13,15,18-19,22H,3-12,14,16-17H2,1-2H3,(H,21,23)(H,24,25,26)/b15-13+. The van der Waals surface area contributed by atoms with Gasteiger partial charge in [0.15, 0.2) is 0 Å². The second kappa shape index (κ2) is 16.1. The maximum atomic E-state index is 12.1. The third-order valence-electron chi connectivity index (χ3n) is 4.46. The molecule has 7 heteroatoms. The summed E-state index contributed by atoms with van der Waals surface area (Å²) in [5, 5.41) is 12.7. The van der Waals surface area contributed by atoms with Crippen LogP contribution in [0.5, 0.6) is 0 Å². The lowest BCUT2D eigenvalue weighted by Gasteiger charge is -2.21. The number of hydrogen-bond acceptors (Lipinski definition) is 4. The molecule has 0 aromatic heterocycles. The molecule has 0 fully saturated rings. The summed E-state index contributed by atoms with van der Waals surface area (Å²) >= 11 is 0. The molecule has 0 rings (SSSR count). The lowest BCUT2D eigenvalue weighted by molar-refractivity contribution is -0.122. The number of hydrogen-bond donors (Lipinski definition) is 3. The van der Waals surface area contributed by atoms with Crippen LogP contribution in [0, 0.1) is 0 Å². The van der Waals surface area contributed by atoms with Crippen molar-refractivity contribution in [2.75, 3.05) is 5.75 Å². The van der Waals surface area contributed by atoms with Gasteiger partial charge in [-0.25, -0.2) is 0 Å². The average Bonchev–Trinajstić information content (AvgIpc) is 2.59. The zero-order chi connectivity index (χ0) is 20.5. The van der Waals surface area contributed by atoms with Crippen LogP contribution in [0.2, 0.25) is 0 Å². The zero-order valence-corrected chi connectivity index (χ0v) is 17.8. The summed E-state index contributed by atoms with van der Waals surface area (Å²) in [5.74, 6) is -0.994. The first-order valence-electron chi connectivity index (χ1n) is 10.4. The van der Waals surface area contributed by atoms with E-state index in [9.17, 15) is 18.3 Å². The third-order valence-corrected chi connectivity index (χ3v) is 5.24. The molecule has 0 aliphatic heterocycles. The van der Waals surface area contributed by atoms with Gasteiger partial charge < -0.3 is 10.4 Å². The van der Waals surface area contributed by atoms with Crippen molar-refractivity contribution in [2.24, 2.45) is 0 Å². The summed E-state index contributed by atoms with van der Waals surface area (Å²) in [6.45, 7) is 4.27. The predicted octanol–water partition coefficient (Wildman–Crippen LogP) is 4.00. The van der Waals surface area contributed by atoms with Gasteiger partial charge in [-0.3, -0.25) is 9.35 Å². The van der Waals surface area contributed by atoms with Gasteiger partial charge in [0.05, 0.1) is 17.9 Å². The van der Waals surface area contributed by atoms with E-state index in [1.54, 1.807) is 6.08 Å². The minimum atomic E-state index is -4.30. The van der Waals surface area contributed by atoms with Crippen molar-refractivity contribution in [3.8, 4) is 0 Å². The first-order valence-corrected chi connectivity index (χ1v) is 12.0. The van der Waals surface area contributed by atoms with Crippen LogP contribution in [-0.4, -0.2) is 41.9 Å². The third kappa shape index (κ3) is 16.9. The minimum absolute atomic E-state index is 0.294. The van der Waals surface area contributed by atoms with Crippen molar-refractivity contribution < 1.29 is 22.9 Å². The molecule has 0 radical (unpaired) electrons. The van der Waals surface area contributed by atoms with Gasteiger partial charge in [0, 0.05) is 6.42 Å². The Labute approximate surface area is 165 Å². The molecule has 0 aromatic carbocycles. The van der Waals surface area contributed by atoms with Gasteiger partial charge in [-0.15, -0.1) is 0 Å². The van der Waals surface area contributed by atoms with Gasteiger partial charge in [-0.1, -0.05) is 77.4 Å². The zero-order valence-electron chi connectivity index (χ0n) is 17.0. The molecule has 3 N–H and O–H groups in total. The molecule has 1 amide bonds. The first kappa shape index (κ1) is 26.1. The van der Waals surface area contributed by atoms with Crippen LogP contribution in [0.25, 0.3) is 0 Å². The smallest absolute Gasteiger partial charge is 0.267 e. The maximum Gasteiger partial charge on any atom is 0.267 e. The van der Waals surface area contributed by atoms with E-state index in [-0.39, 0.29) is 5.91 Å². The van der Waals surface area contributed by atoms with Crippen molar-refractivity contribution in [3.63, 3.8) is 0 Å². The quantitative estimate of drug-likeness (QED) is 0.193. The second-order valence-electron chi connectivity index (χ2n) is 7.21. The van der Waals surface area contributed by atoms with Gasteiger partial charge in [0.1, 0.15) is 0 Å². The fraction of sp³-hybridized carbons (Fsp3) is 0.850. The number of aliphatic hydroxyl groups is 1. The topological polar surface area (TPSA) is 104 Å². The van der Waals surface area contributed by atoms with Gasteiger partial charge in [-0.05, 0) is 19.3 Å². The molecule has 2 atom stereocenters. The Balaban J connectivity index is 4.36. The molecule has 0 aliphatic rings. The van der Waals surface area contributed by atoms with Gasteiger partial charge in [0.25, 0.3) is 10.1 Å². The Morgan fingerprint density at radius 2 is 1.52 bits per heavy atom. The van der Waals surface area contributed by atoms with E-state index >= 15 is 0 Å². The van der Waals surface area contributed by atoms with E-state index in [2.05, 4.69) is 19.2 Å². The summed E-state index contributed by atoms with van der Waals surface area (Å²) in [5.41, 5.74) is 0. The molecule has 0 heterocycles. The Bertz CT molecular complexity index is 505. The van der Waals surface area contributed by atoms with Crippen LogP contribution in [-0.2, 0) is 14.9 Å². The SMILES string of the molecule is CCCCC/C=C/C(O)C(CS(=O)(=O)O)NC(=O)CCCCCCCCC. The summed E-state index contributed by atoms with van der Waals surface area (Å²) in [6, 6.07) is -1.04. The van der Waals surface area contributed by atoms with Gasteiger partial charge in [0.2, 0.25) is 5.91 Å². The Kier molecular flexibility index (Phi) is 15.5. The summed E-state index contributed by atoms with van der Waals surface area (Å²) in [6.07, 6.45) is 14.0. The van der Waals surface area contributed by atoms with Crippen LogP contribution in [0.15, 0.2) is 12.2 Å². The van der Waals surface area contributed by atoms with E-state index in [1.807, 2.05) is 0 Å². The highest BCUT2D eigenvalue weighted by Gasteiger charge is 2.24.